The Morgan fingerprint density at radius 2 is 0.597 bits per heavy atom. The third kappa shape index (κ3) is 6.73. The average Bonchev–Trinajstić information content (AvgIpc) is 4.07. The summed E-state index contributed by atoms with van der Waals surface area (Å²) in [7, 11) is 0. The van der Waals surface area contributed by atoms with Crippen LogP contribution in [0.15, 0.2) is 140 Å². The number of pyridine rings is 5. The molecule has 0 atom stereocenters. The van der Waals surface area contributed by atoms with Gasteiger partial charge in [0.1, 0.15) is 11.3 Å². The second-order valence-electron chi connectivity index (χ2n) is 24.4. The summed E-state index contributed by atoms with van der Waals surface area (Å²) < 4.78 is 4.60. The van der Waals surface area contributed by atoms with Crippen LogP contribution in [-0.4, -0.2) is 33.7 Å². The third-order valence-corrected chi connectivity index (χ3v) is 15.4. The number of hydrogen-bond acceptors (Lipinski definition) is 5. The standard InChI is InChI=1S/C65H59N7/c1-62(2,3)40-21-13-36(14-22-40)50-30-44-46-32-52(38-17-25-42(26-18-38)64(7,8)9)68-56-48-29-49-57-59-47(33-53(69-57)39-19-27-43(28-20-39)65(10,11)12)45-31-51(37-15-23-41(24-16-37)63(4,5)6)67-35-55(45)72(59)61(49)70-60(48)71(58(46)56)54(44)34-66-50/h13-35H,1-12H3. The van der Waals surface area contributed by atoms with Gasteiger partial charge in [0.2, 0.25) is 0 Å². The maximum absolute atomic E-state index is 5.76. The number of rotatable bonds is 4. The summed E-state index contributed by atoms with van der Waals surface area (Å²) >= 11 is 0. The van der Waals surface area contributed by atoms with Crippen molar-refractivity contribution in [2.24, 2.45) is 0 Å². The highest BCUT2D eigenvalue weighted by atomic mass is 15.1. The first-order valence-corrected chi connectivity index (χ1v) is 25.4. The minimum absolute atomic E-state index is 0.0323. The van der Waals surface area contributed by atoms with Crippen molar-refractivity contribution in [3.8, 4) is 45.0 Å². The number of aromatic nitrogens is 7. The van der Waals surface area contributed by atoms with Crippen molar-refractivity contribution in [2.45, 2.75) is 105 Å². The van der Waals surface area contributed by atoms with Gasteiger partial charge in [-0.05, 0) is 74.2 Å². The minimum Gasteiger partial charge on any atom is -0.289 e. The lowest BCUT2D eigenvalue weighted by atomic mass is 9.86. The predicted octanol–water partition coefficient (Wildman–Crippen LogP) is 16.8. The molecule has 0 saturated carbocycles. The van der Waals surface area contributed by atoms with Gasteiger partial charge in [-0.1, -0.05) is 180 Å². The summed E-state index contributed by atoms with van der Waals surface area (Å²) in [6.45, 7) is 27.1. The van der Waals surface area contributed by atoms with Crippen LogP contribution < -0.4 is 0 Å². The van der Waals surface area contributed by atoms with Crippen LogP contribution in [0.2, 0.25) is 0 Å². The lowest BCUT2D eigenvalue weighted by molar-refractivity contribution is 0.590. The van der Waals surface area contributed by atoms with E-state index in [4.69, 9.17) is 24.9 Å². The molecule has 0 radical (unpaired) electrons. The van der Waals surface area contributed by atoms with Crippen LogP contribution in [0.3, 0.4) is 0 Å². The predicted molar refractivity (Wildman–Crippen MR) is 301 cm³/mol. The second kappa shape index (κ2) is 14.9. The largest absolute Gasteiger partial charge is 0.289 e. The fourth-order valence-corrected chi connectivity index (χ4v) is 11.0. The van der Waals surface area contributed by atoms with Gasteiger partial charge in [-0.2, -0.15) is 0 Å². The minimum atomic E-state index is 0.0323. The molecule has 0 aliphatic heterocycles. The molecule has 4 aromatic carbocycles. The molecule has 0 spiro atoms. The van der Waals surface area contributed by atoms with E-state index in [9.17, 15) is 0 Å². The van der Waals surface area contributed by atoms with Gasteiger partial charge >= 0.3 is 0 Å². The normalized spacial score (nSPS) is 13.3. The van der Waals surface area contributed by atoms with Crippen molar-refractivity contribution in [3.05, 3.63) is 162 Å². The highest BCUT2D eigenvalue weighted by Crippen LogP contribution is 2.45. The summed E-state index contributed by atoms with van der Waals surface area (Å²) in [5, 5.41) is 6.45. The maximum atomic E-state index is 5.76. The van der Waals surface area contributed by atoms with Gasteiger partial charge < -0.3 is 0 Å². The van der Waals surface area contributed by atoms with Gasteiger partial charge in [0.25, 0.3) is 0 Å². The van der Waals surface area contributed by atoms with E-state index in [1.165, 1.54) is 22.3 Å². The molecule has 7 nitrogen and oxygen atoms in total. The van der Waals surface area contributed by atoms with E-state index in [2.05, 4.69) is 219 Å². The third-order valence-electron chi connectivity index (χ3n) is 15.4. The number of fused-ring (bicyclic) bond motifs is 12. The molecule has 13 aromatic rings. The Kier molecular flexibility index (Phi) is 9.14. The van der Waals surface area contributed by atoms with E-state index in [-0.39, 0.29) is 21.7 Å². The van der Waals surface area contributed by atoms with Crippen LogP contribution in [0.4, 0.5) is 0 Å². The Morgan fingerprint density at radius 1 is 0.306 bits per heavy atom. The smallest absolute Gasteiger partial charge is 0.149 e. The second-order valence-corrected chi connectivity index (χ2v) is 24.4. The quantitative estimate of drug-likeness (QED) is 0.176. The van der Waals surface area contributed by atoms with Gasteiger partial charge in [-0.3, -0.25) is 18.8 Å². The Hall–Kier alpha value is -7.77. The average molecular weight is 938 g/mol. The van der Waals surface area contributed by atoms with Crippen LogP contribution in [0.1, 0.15) is 105 Å². The number of nitrogens with zero attached hydrogens (tertiary/aromatic N) is 7. The van der Waals surface area contributed by atoms with Gasteiger partial charge in [0.15, 0.2) is 0 Å². The van der Waals surface area contributed by atoms with Crippen molar-refractivity contribution < 1.29 is 0 Å². The van der Waals surface area contributed by atoms with Gasteiger partial charge in [0, 0.05) is 54.6 Å². The molecule has 0 bridgehead atoms. The lowest BCUT2D eigenvalue weighted by Crippen LogP contribution is -2.10. The highest BCUT2D eigenvalue weighted by Gasteiger charge is 2.28. The zero-order valence-corrected chi connectivity index (χ0v) is 43.4. The van der Waals surface area contributed by atoms with Crippen molar-refractivity contribution in [1.29, 1.82) is 0 Å². The molecule has 9 aromatic heterocycles. The molecule has 9 heterocycles. The van der Waals surface area contributed by atoms with Crippen LogP contribution in [0.25, 0.3) is 122 Å². The van der Waals surface area contributed by atoms with Gasteiger partial charge in [-0.25, -0.2) is 15.0 Å². The first-order chi connectivity index (χ1) is 34.2. The fraction of sp³-hybridized carbons (Fsp3) is 0.246. The SMILES string of the molecule is CC(C)(C)c1ccc(-c2cc3c4cc(-c5ccc(C(C)(C)C)cc5)nc5c6cc7c8nc(-c9ccc(C(C)(C)C)cc9)cc9c%10cc(-c%11ccc(C(C)(C)C)cc%11)ncc%10n(c7nc6n(c3cn2)c45)c98)cc1. The topological polar surface area (TPSA) is 73.3 Å². The lowest BCUT2D eigenvalue weighted by Gasteiger charge is -2.19. The van der Waals surface area contributed by atoms with E-state index in [0.29, 0.717) is 0 Å². The molecule has 354 valence electrons. The molecule has 0 saturated heterocycles. The van der Waals surface area contributed by atoms with Gasteiger partial charge in [-0.15, -0.1) is 0 Å². The van der Waals surface area contributed by atoms with Gasteiger partial charge in [0.05, 0.1) is 68.3 Å². The Bertz CT molecular complexity index is 4020. The molecule has 0 aliphatic rings. The summed E-state index contributed by atoms with van der Waals surface area (Å²) in [4.78, 5) is 27.2. The van der Waals surface area contributed by atoms with Crippen molar-refractivity contribution in [3.63, 3.8) is 0 Å². The number of hydrogen-bond donors (Lipinski definition) is 0. The van der Waals surface area contributed by atoms with Crippen molar-refractivity contribution in [1.82, 2.24) is 33.7 Å². The van der Waals surface area contributed by atoms with E-state index in [1.54, 1.807) is 0 Å². The molecule has 72 heavy (non-hydrogen) atoms. The van der Waals surface area contributed by atoms with Crippen molar-refractivity contribution in [2.75, 3.05) is 0 Å². The maximum Gasteiger partial charge on any atom is 0.149 e. The molecular weight excluding hydrogens is 879 g/mol. The molecule has 0 amide bonds. The first-order valence-electron chi connectivity index (χ1n) is 25.4. The van der Waals surface area contributed by atoms with Crippen LogP contribution in [-0.2, 0) is 21.7 Å². The molecule has 0 aliphatic carbocycles. The van der Waals surface area contributed by atoms with Crippen LogP contribution in [0, 0.1) is 0 Å². The summed E-state index contributed by atoms with van der Waals surface area (Å²) in [5.74, 6) is 0. The molecular formula is C65H59N7. The molecule has 0 N–H and O–H groups in total. The van der Waals surface area contributed by atoms with E-state index in [1.807, 2.05) is 12.4 Å². The Labute approximate surface area is 420 Å². The van der Waals surface area contributed by atoms with E-state index >= 15 is 0 Å². The summed E-state index contributed by atoms with van der Waals surface area (Å²) in [6, 6.07) is 47.0. The molecule has 13 rings (SSSR count). The molecule has 0 unspecified atom stereocenters. The summed E-state index contributed by atoms with van der Waals surface area (Å²) in [5.41, 5.74) is 21.0. The summed E-state index contributed by atoms with van der Waals surface area (Å²) in [6.07, 6.45) is 4.06. The monoisotopic (exact) mass is 937 g/mol. The van der Waals surface area contributed by atoms with Crippen LogP contribution in [0.5, 0.6) is 0 Å². The zero-order valence-electron chi connectivity index (χ0n) is 43.4. The Morgan fingerprint density at radius 3 is 0.903 bits per heavy atom. The van der Waals surface area contributed by atoms with Crippen molar-refractivity contribution >= 4 is 76.7 Å². The molecule has 7 heteroatoms. The first kappa shape index (κ1) is 44.2. The van der Waals surface area contributed by atoms with E-state index < -0.39 is 0 Å². The number of benzene rings is 4. The van der Waals surface area contributed by atoms with Crippen LogP contribution >= 0.6 is 0 Å². The fourth-order valence-electron chi connectivity index (χ4n) is 11.0. The Balaban J connectivity index is 1.10. The highest BCUT2D eigenvalue weighted by molar-refractivity contribution is 6.27. The molecule has 0 fully saturated rings. The zero-order chi connectivity index (χ0) is 50.0. The van der Waals surface area contributed by atoms with E-state index in [0.717, 1.165) is 122 Å².